The number of nitrogens with two attached hydrogens (primary N) is 2. The van der Waals surface area contributed by atoms with Crippen molar-refractivity contribution < 1.29 is 9.90 Å². The molecule has 2 rings (SSSR count). The van der Waals surface area contributed by atoms with Gasteiger partial charge in [-0.2, -0.15) is 0 Å². The molecule has 4 heteroatoms. The van der Waals surface area contributed by atoms with E-state index in [4.69, 9.17) is 16.6 Å². The van der Waals surface area contributed by atoms with Crippen LogP contribution in [-0.4, -0.2) is 11.1 Å². The molecule has 0 fully saturated rings. The Morgan fingerprint density at radius 3 is 2.53 bits per heavy atom. The molecule has 0 heterocycles. The van der Waals surface area contributed by atoms with Gasteiger partial charge in [0.05, 0.1) is 5.56 Å². The number of carbonyl (C=O) groups is 1. The minimum atomic E-state index is -0.964. The van der Waals surface area contributed by atoms with Crippen molar-refractivity contribution in [2.45, 2.75) is 0 Å². The predicted molar refractivity (Wildman–Crippen MR) is 67.7 cm³/mol. The fourth-order valence-corrected chi connectivity index (χ4v) is 1.64. The normalized spacial score (nSPS) is 10.1. The van der Waals surface area contributed by atoms with Gasteiger partial charge in [0.2, 0.25) is 0 Å². The van der Waals surface area contributed by atoms with Crippen molar-refractivity contribution in [3.8, 4) is 11.1 Å². The van der Waals surface area contributed by atoms with E-state index in [0.29, 0.717) is 11.4 Å². The Balaban J connectivity index is 2.56. The Bertz CT molecular complexity index is 579. The number of benzene rings is 2. The Labute approximate surface area is 98.5 Å². The number of carboxylic acids is 1. The molecule has 2 aromatic carbocycles. The SMILES string of the molecule is Nc1ccc(N)c(-c2cccc(C(=O)O)c2)c1. The zero-order valence-electron chi connectivity index (χ0n) is 9.05. The largest absolute Gasteiger partial charge is 0.478 e. The summed E-state index contributed by atoms with van der Waals surface area (Å²) in [7, 11) is 0. The fraction of sp³-hybridized carbons (Fsp3) is 0. The first-order valence-electron chi connectivity index (χ1n) is 5.06. The number of hydrogen-bond donors (Lipinski definition) is 3. The van der Waals surface area contributed by atoms with Gasteiger partial charge in [-0.25, -0.2) is 4.79 Å². The molecular weight excluding hydrogens is 216 g/mol. The van der Waals surface area contributed by atoms with Crippen molar-refractivity contribution in [2.75, 3.05) is 11.5 Å². The molecule has 0 unspecified atom stereocenters. The summed E-state index contributed by atoms with van der Waals surface area (Å²) in [6, 6.07) is 11.7. The van der Waals surface area contributed by atoms with Gasteiger partial charge >= 0.3 is 5.97 Å². The predicted octanol–water partition coefficient (Wildman–Crippen LogP) is 2.22. The van der Waals surface area contributed by atoms with Gasteiger partial charge in [0, 0.05) is 16.9 Å². The third kappa shape index (κ3) is 2.20. The standard InChI is InChI=1S/C13H12N2O2/c14-10-4-5-12(15)11(7-10)8-2-1-3-9(6-8)13(16)17/h1-7H,14-15H2,(H,16,17). The average Bonchev–Trinajstić information content (AvgIpc) is 2.32. The Morgan fingerprint density at radius 2 is 1.82 bits per heavy atom. The van der Waals surface area contributed by atoms with Crippen LogP contribution in [0.4, 0.5) is 11.4 Å². The molecule has 0 radical (unpaired) electrons. The topological polar surface area (TPSA) is 89.3 Å². The van der Waals surface area contributed by atoms with Gasteiger partial charge in [-0.3, -0.25) is 0 Å². The molecule has 0 aromatic heterocycles. The summed E-state index contributed by atoms with van der Waals surface area (Å²) in [6.45, 7) is 0. The van der Waals surface area contributed by atoms with E-state index in [1.807, 2.05) is 0 Å². The van der Waals surface area contributed by atoms with Gasteiger partial charge < -0.3 is 16.6 Å². The first-order chi connectivity index (χ1) is 8.08. The molecule has 0 aliphatic rings. The molecule has 0 bridgehead atoms. The lowest BCUT2D eigenvalue weighted by atomic mass is 10.0. The zero-order valence-corrected chi connectivity index (χ0v) is 9.05. The Kier molecular flexibility index (Phi) is 2.70. The molecule has 0 saturated carbocycles. The van der Waals surface area contributed by atoms with Crippen molar-refractivity contribution in [1.29, 1.82) is 0 Å². The van der Waals surface area contributed by atoms with Crippen LogP contribution in [0.15, 0.2) is 42.5 Å². The quantitative estimate of drug-likeness (QED) is 0.687. The van der Waals surface area contributed by atoms with Crippen LogP contribution in [-0.2, 0) is 0 Å². The molecule has 0 atom stereocenters. The minimum Gasteiger partial charge on any atom is -0.478 e. The summed E-state index contributed by atoms with van der Waals surface area (Å²) >= 11 is 0. The molecule has 4 nitrogen and oxygen atoms in total. The summed E-state index contributed by atoms with van der Waals surface area (Å²) in [6.07, 6.45) is 0. The van der Waals surface area contributed by atoms with Gasteiger partial charge in [0.1, 0.15) is 0 Å². The summed E-state index contributed by atoms with van der Waals surface area (Å²) < 4.78 is 0. The highest BCUT2D eigenvalue weighted by atomic mass is 16.4. The van der Waals surface area contributed by atoms with E-state index in [-0.39, 0.29) is 5.56 Å². The first-order valence-corrected chi connectivity index (χ1v) is 5.06. The number of anilines is 2. The minimum absolute atomic E-state index is 0.226. The van der Waals surface area contributed by atoms with Gasteiger partial charge in [0.15, 0.2) is 0 Å². The van der Waals surface area contributed by atoms with E-state index < -0.39 is 5.97 Å². The molecule has 2 aromatic rings. The van der Waals surface area contributed by atoms with Crippen LogP contribution in [0.1, 0.15) is 10.4 Å². The van der Waals surface area contributed by atoms with Crippen molar-refractivity contribution in [2.24, 2.45) is 0 Å². The first kappa shape index (κ1) is 11.0. The Morgan fingerprint density at radius 1 is 1.06 bits per heavy atom. The number of carboxylic acid groups (broad SMARTS) is 1. The van der Waals surface area contributed by atoms with Crippen molar-refractivity contribution in [3.05, 3.63) is 48.0 Å². The van der Waals surface area contributed by atoms with Crippen molar-refractivity contribution >= 4 is 17.3 Å². The molecule has 0 saturated heterocycles. The number of rotatable bonds is 2. The van der Waals surface area contributed by atoms with E-state index in [1.165, 1.54) is 6.07 Å². The van der Waals surface area contributed by atoms with Gasteiger partial charge in [-0.1, -0.05) is 12.1 Å². The molecule has 5 N–H and O–H groups in total. The second kappa shape index (κ2) is 4.17. The summed E-state index contributed by atoms with van der Waals surface area (Å²) in [4.78, 5) is 10.9. The van der Waals surface area contributed by atoms with Crippen LogP contribution in [0.5, 0.6) is 0 Å². The third-order valence-electron chi connectivity index (χ3n) is 2.50. The van der Waals surface area contributed by atoms with Gasteiger partial charge in [0.25, 0.3) is 0 Å². The number of nitrogen functional groups attached to an aromatic ring is 2. The van der Waals surface area contributed by atoms with E-state index in [2.05, 4.69) is 0 Å². The number of hydrogen-bond acceptors (Lipinski definition) is 3. The monoisotopic (exact) mass is 228 g/mol. The molecule has 0 spiro atoms. The Hall–Kier alpha value is -2.49. The third-order valence-corrected chi connectivity index (χ3v) is 2.50. The van der Waals surface area contributed by atoms with Crippen LogP contribution in [0.25, 0.3) is 11.1 Å². The maximum absolute atomic E-state index is 10.9. The van der Waals surface area contributed by atoms with Crippen LogP contribution < -0.4 is 11.5 Å². The smallest absolute Gasteiger partial charge is 0.335 e. The number of aromatic carboxylic acids is 1. The molecule has 0 amide bonds. The van der Waals surface area contributed by atoms with Crippen molar-refractivity contribution in [1.82, 2.24) is 0 Å². The van der Waals surface area contributed by atoms with E-state index in [9.17, 15) is 4.79 Å². The van der Waals surface area contributed by atoms with Gasteiger partial charge in [-0.15, -0.1) is 0 Å². The molecule has 0 aliphatic carbocycles. The van der Waals surface area contributed by atoms with E-state index in [1.54, 1.807) is 36.4 Å². The highest BCUT2D eigenvalue weighted by molar-refractivity contribution is 5.90. The molecule has 0 aliphatic heterocycles. The molecule has 17 heavy (non-hydrogen) atoms. The maximum atomic E-state index is 10.9. The highest BCUT2D eigenvalue weighted by Crippen LogP contribution is 2.28. The lowest BCUT2D eigenvalue weighted by Gasteiger charge is -2.07. The molecule has 86 valence electrons. The second-order valence-corrected chi connectivity index (χ2v) is 3.73. The van der Waals surface area contributed by atoms with Gasteiger partial charge in [-0.05, 0) is 35.9 Å². The zero-order chi connectivity index (χ0) is 12.4. The molecular formula is C13H12N2O2. The highest BCUT2D eigenvalue weighted by Gasteiger charge is 2.07. The summed E-state index contributed by atoms with van der Waals surface area (Å²) in [5.41, 5.74) is 14.4. The van der Waals surface area contributed by atoms with E-state index >= 15 is 0 Å². The van der Waals surface area contributed by atoms with E-state index in [0.717, 1.165) is 11.1 Å². The van der Waals surface area contributed by atoms with Crippen LogP contribution in [0.3, 0.4) is 0 Å². The van der Waals surface area contributed by atoms with Crippen LogP contribution in [0.2, 0.25) is 0 Å². The lowest BCUT2D eigenvalue weighted by Crippen LogP contribution is -1.97. The fourth-order valence-electron chi connectivity index (χ4n) is 1.64. The average molecular weight is 228 g/mol. The summed E-state index contributed by atoms with van der Waals surface area (Å²) in [5, 5.41) is 8.92. The van der Waals surface area contributed by atoms with Crippen molar-refractivity contribution in [3.63, 3.8) is 0 Å². The lowest BCUT2D eigenvalue weighted by molar-refractivity contribution is 0.0697. The summed E-state index contributed by atoms with van der Waals surface area (Å²) in [5.74, 6) is -0.964. The van der Waals surface area contributed by atoms with Crippen LogP contribution >= 0.6 is 0 Å². The second-order valence-electron chi connectivity index (χ2n) is 3.73. The maximum Gasteiger partial charge on any atom is 0.335 e. The van der Waals surface area contributed by atoms with Crippen LogP contribution in [0, 0.1) is 0 Å².